The Hall–Kier alpha value is -13.2. The monoisotopic (exact) mass is 2000 g/mol. The van der Waals surface area contributed by atoms with Gasteiger partial charge in [0.15, 0.2) is 0 Å². The normalized spacial score (nSPS) is 11.1. The summed E-state index contributed by atoms with van der Waals surface area (Å²) >= 11 is 17.3. The lowest BCUT2D eigenvalue weighted by Gasteiger charge is -2.18. The maximum absolute atomic E-state index is 9.94. The summed E-state index contributed by atoms with van der Waals surface area (Å²) in [7, 11) is -2.87. The van der Waals surface area contributed by atoms with Gasteiger partial charge in [0.25, 0.3) is 0 Å². The van der Waals surface area contributed by atoms with Gasteiger partial charge >= 0.3 is 14.2 Å². The Morgan fingerprint density at radius 3 is 0.542 bits per heavy atom. The summed E-state index contributed by atoms with van der Waals surface area (Å²) in [5, 5.41) is 58.7. The van der Waals surface area contributed by atoms with Crippen LogP contribution in [-0.2, 0) is 0 Å². The van der Waals surface area contributed by atoms with Gasteiger partial charge in [0, 0.05) is 22.4 Å². The van der Waals surface area contributed by atoms with E-state index in [-0.39, 0.29) is 0 Å². The molecular formula is C120H81B2Br5O4. The van der Waals surface area contributed by atoms with Gasteiger partial charge in [-0.3, -0.25) is 0 Å². The molecule has 4 N–H and O–H groups in total. The molecule has 0 radical (unpaired) electrons. The van der Waals surface area contributed by atoms with Gasteiger partial charge in [-0.2, -0.15) is 0 Å². The molecule has 0 fully saturated rings. The van der Waals surface area contributed by atoms with Crippen LogP contribution in [0.25, 0.3) is 197 Å². The van der Waals surface area contributed by atoms with Crippen molar-refractivity contribution >= 4 is 202 Å². The van der Waals surface area contributed by atoms with Crippen molar-refractivity contribution in [3.8, 4) is 100 Å². The third-order valence-corrected chi connectivity index (χ3v) is 27.4. The molecule has 23 aromatic rings. The van der Waals surface area contributed by atoms with Gasteiger partial charge in [-0.1, -0.05) is 498 Å². The van der Waals surface area contributed by atoms with Crippen LogP contribution in [0.2, 0.25) is 0 Å². The van der Waals surface area contributed by atoms with Gasteiger partial charge in [0.05, 0.1) is 0 Å². The van der Waals surface area contributed by atoms with E-state index in [2.05, 4.69) is 431 Å². The van der Waals surface area contributed by atoms with Crippen molar-refractivity contribution in [3.63, 3.8) is 0 Å². The van der Waals surface area contributed by atoms with Crippen LogP contribution < -0.4 is 10.9 Å². The number of hydrogen-bond acceptors (Lipinski definition) is 4. The minimum absolute atomic E-state index is 0.503. The zero-order chi connectivity index (χ0) is 89.4. The third kappa shape index (κ3) is 18.2. The van der Waals surface area contributed by atoms with Gasteiger partial charge in [-0.05, 0) is 257 Å². The number of benzene rings is 23. The van der Waals surface area contributed by atoms with Crippen LogP contribution in [0.5, 0.6) is 0 Å². The van der Waals surface area contributed by atoms with E-state index in [1.54, 1.807) is 24.3 Å². The SMILES string of the molecule is Brc1ccc(-c2ccc(-c3ccc(Br)cc3)c3ccccc23)cc1.Brc1ccc(Br)c2ccccc12.OB(O)c1c2ccccc2c(-c2ccccc2)c2ccccc12.OB(O)c1ccc(Br)cc1.c1ccc(-c2c3ccccc3c(-c3ccc(-c4ccc(-c5ccc(-c6c7ccccc7c(-c7ccccc7)c7ccccc67)cc5)c5ccccc45)cc3)c3ccccc23)cc1. The molecule has 131 heavy (non-hydrogen) atoms. The van der Waals surface area contributed by atoms with Gasteiger partial charge < -0.3 is 20.1 Å². The van der Waals surface area contributed by atoms with Crippen molar-refractivity contribution in [2.45, 2.75) is 0 Å². The van der Waals surface area contributed by atoms with Crippen molar-refractivity contribution in [2.24, 2.45) is 0 Å². The summed E-state index contributed by atoms with van der Waals surface area (Å²) < 4.78 is 5.41. The minimum Gasteiger partial charge on any atom is -0.423 e. The van der Waals surface area contributed by atoms with E-state index in [1.165, 1.54) is 164 Å². The molecule has 23 aromatic carbocycles. The van der Waals surface area contributed by atoms with Crippen LogP contribution in [-0.4, -0.2) is 34.3 Å². The summed E-state index contributed by atoms with van der Waals surface area (Å²) in [6.07, 6.45) is 0. The summed E-state index contributed by atoms with van der Waals surface area (Å²) in [6.45, 7) is 0. The average Bonchev–Trinajstić information content (AvgIpc) is 0.741. The Bertz CT molecular complexity index is 7570. The first-order chi connectivity index (χ1) is 64.3. The molecule has 0 unspecified atom stereocenters. The van der Waals surface area contributed by atoms with E-state index >= 15 is 0 Å². The van der Waals surface area contributed by atoms with E-state index in [4.69, 9.17) is 10.0 Å². The molecule has 23 rings (SSSR count). The smallest absolute Gasteiger partial charge is 0.423 e. The van der Waals surface area contributed by atoms with Crippen LogP contribution >= 0.6 is 79.6 Å². The number of rotatable bonds is 11. The molecule has 0 saturated carbocycles. The van der Waals surface area contributed by atoms with E-state index < -0.39 is 14.2 Å². The highest BCUT2D eigenvalue weighted by Gasteiger charge is 2.24. The largest absolute Gasteiger partial charge is 0.489 e. The molecule has 11 heteroatoms. The molecule has 4 nitrogen and oxygen atoms in total. The quantitative estimate of drug-likeness (QED) is 0.0768. The predicted octanol–water partition coefficient (Wildman–Crippen LogP) is 33.0. The zero-order valence-electron chi connectivity index (χ0n) is 70.8. The second-order valence-electron chi connectivity index (χ2n) is 32.1. The summed E-state index contributed by atoms with van der Waals surface area (Å²) in [5.74, 6) is 0. The van der Waals surface area contributed by atoms with E-state index in [0.29, 0.717) is 10.9 Å². The molecule has 0 amide bonds. The van der Waals surface area contributed by atoms with Crippen LogP contribution in [0.3, 0.4) is 0 Å². The summed E-state index contributed by atoms with van der Waals surface area (Å²) in [4.78, 5) is 0. The Balaban J connectivity index is 0.000000130. The van der Waals surface area contributed by atoms with Gasteiger partial charge in [0.2, 0.25) is 0 Å². The lowest BCUT2D eigenvalue weighted by molar-refractivity contribution is 0.425. The van der Waals surface area contributed by atoms with E-state index in [9.17, 15) is 10.0 Å². The summed E-state index contributed by atoms with van der Waals surface area (Å²) in [5.41, 5.74) is 23.2. The fraction of sp³-hybridized carbons (Fsp3) is 0. The highest BCUT2D eigenvalue weighted by atomic mass is 79.9. The third-order valence-electron chi connectivity index (χ3n) is 24.4. The standard InChI is InChI=1S/C62H40.C22H14Br2.C20H15BO2.C10H6Br2.C6H6BBrO2/c1-3-17-43(18-4-1)59-51-23-9-13-27-55(51)61(56-28-14-10-24-52(56)59)45-35-31-41(32-36-45)47-39-40-48(50-22-8-7-21-49(47)50)42-33-37-46(38-34-42)62-57-29-15-11-25-53(57)60(44-19-5-2-6-20-44)54-26-12-16-30-58(54)62;23-17-9-5-15(6-10-17)19-13-14-20(16-7-11-18(24)12-8-16)22-4-2-1-3-21(19)22;22-21(23)20-17-12-6-4-10-15(17)19(14-8-2-1-3-9-14)16-11-5-7-13-18(16)20;11-9-5-6-10(12)8-4-2-1-3-7(8)9;8-6-3-1-5(2-4-6)7(9)10/h1-40H;1-14H;1-13,22-23H;1-6H;1-4,9-10H. The van der Waals surface area contributed by atoms with Gasteiger partial charge in [-0.25, -0.2) is 0 Å². The van der Waals surface area contributed by atoms with Crippen LogP contribution in [0.4, 0.5) is 0 Å². The number of hydrogen-bond donors (Lipinski definition) is 4. The topological polar surface area (TPSA) is 80.9 Å². The number of fused-ring (bicyclic) bond motifs is 9. The molecule has 626 valence electrons. The van der Waals surface area contributed by atoms with E-state index in [1.807, 2.05) is 91.0 Å². The maximum Gasteiger partial charge on any atom is 0.489 e. The van der Waals surface area contributed by atoms with Crippen molar-refractivity contribution in [1.29, 1.82) is 0 Å². The summed E-state index contributed by atoms with van der Waals surface area (Å²) in [6, 6.07) is 164. The fourth-order valence-electron chi connectivity index (χ4n) is 18.4. The van der Waals surface area contributed by atoms with Crippen molar-refractivity contribution in [2.75, 3.05) is 0 Å². The molecule has 0 spiro atoms. The molecule has 0 bridgehead atoms. The van der Waals surface area contributed by atoms with Crippen LogP contribution in [0.1, 0.15) is 0 Å². The second kappa shape index (κ2) is 39.6. The Morgan fingerprint density at radius 2 is 0.313 bits per heavy atom. The number of halogens is 5. The molecule has 0 aliphatic carbocycles. The first kappa shape index (κ1) is 87.1. The Morgan fingerprint density at radius 1 is 0.137 bits per heavy atom. The molecule has 0 atom stereocenters. The van der Waals surface area contributed by atoms with Gasteiger partial charge in [-0.15, -0.1) is 0 Å². The Kier molecular flexibility index (Phi) is 26.3. The first-order valence-corrected chi connectivity index (χ1v) is 47.3. The lowest BCUT2D eigenvalue weighted by Crippen LogP contribution is -2.31. The first-order valence-electron chi connectivity index (χ1n) is 43.3. The average molecular weight is 2010 g/mol. The molecular weight excluding hydrogens is 1930 g/mol. The lowest BCUT2D eigenvalue weighted by atomic mass is 9.72. The highest BCUT2D eigenvalue weighted by Crippen LogP contribution is 2.48. The van der Waals surface area contributed by atoms with Crippen LogP contribution in [0.15, 0.2) is 489 Å². The molecule has 0 aliphatic heterocycles. The Labute approximate surface area is 804 Å². The molecule has 0 heterocycles. The zero-order valence-corrected chi connectivity index (χ0v) is 78.7. The van der Waals surface area contributed by atoms with Crippen LogP contribution in [0, 0.1) is 0 Å². The van der Waals surface area contributed by atoms with Crippen molar-refractivity contribution in [1.82, 2.24) is 0 Å². The second-order valence-corrected chi connectivity index (χ2v) is 36.6. The molecule has 0 aromatic heterocycles. The van der Waals surface area contributed by atoms with Crippen molar-refractivity contribution in [3.05, 3.63) is 489 Å². The minimum atomic E-state index is -1.50. The molecule has 0 aliphatic rings. The maximum atomic E-state index is 9.94. The van der Waals surface area contributed by atoms with E-state index in [0.717, 1.165) is 55.0 Å². The predicted molar refractivity (Wildman–Crippen MR) is 577 cm³/mol. The highest BCUT2D eigenvalue weighted by molar-refractivity contribution is 9.11. The fourth-order valence-corrected chi connectivity index (χ4v) is 20.2. The molecule has 0 saturated heterocycles. The van der Waals surface area contributed by atoms with Gasteiger partial charge in [0.1, 0.15) is 0 Å². The van der Waals surface area contributed by atoms with Crippen molar-refractivity contribution < 1.29 is 20.1 Å².